The van der Waals surface area contributed by atoms with Crippen molar-refractivity contribution >= 4 is 5.95 Å². The first kappa shape index (κ1) is 14.8. The fourth-order valence-electron chi connectivity index (χ4n) is 2.30. The van der Waals surface area contributed by atoms with Gasteiger partial charge in [0.1, 0.15) is 6.10 Å². The van der Waals surface area contributed by atoms with E-state index in [4.69, 9.17) is 9.47 Å². The van der Waals surface area contributed by atoms with E-state index in [0.717, 1.165) is 0 Å². The first-order chi connectivity index (χ1) is 9.52. The van der Waals surface area contributed by atoms with Crippen molar-refractivity contribution in [2.45, 2.75) is 31.5 Å². The van der Waals surface area contributed by atoms with E-state index in [-0.39, 0.29) is 6.54 Å². The Hall–Kier alpha value is -1.60. The fraction of sp³-hybridized carbons (Fsp3) is 0.692. The normalized spacial score (nSPS) is 26.4. The molecule has 1 aliphatic heterocycles. The quantitative estimate of drug-likeness (QED) is 0.816. The van der Waals surface area contributed by atoms with Gasteiger partial charge in [0.15, 0.2) is 0 Å². The summed E-state index contributed by atoms with van der Waals surface area (Å²) in [6.07, 6.45) is 0.153. The van der Waals surface area contributed by atoms with Crippen molar-refractivity contribution in [1.82, 2.24) is 9.97 Å². The molecule has 7 nitrogen and oxygen atoms in total. The van der Waals surface area contributed by atoms with Gasteiger partial charge in [-0.3, -0.25) is 0 Å². The molecule has 0 bridgehead atoms. The van der Waals surface area contributed by atoms with Crippen LogP contribution in [-0.2, 0) is 0 Å². The van der Waals surface area contributed by atoms with Crippen LogP contribution in [0.2, 0.25) is 0 Å². The molecular formula is C13H21N3O4. The third-order valence-corrected chi connectivity index (χ3v) is 3.81. The summed E-state index contributed by atoms with van der Waals surface area (Å²) in [7, 11) is 3.04. The molecule has 1 saturated heterocycles. The van der Waals surface area contributed by atoms with Crippen LogP contribution in [0.3, 0.4) is 0 Å². The molecule has 0 spiro atoms. The molecule has 1 fully saturated rings. The van der Waals surface area contributed by atoms with Crippen molar-refractivity contribution in [2.24, 2.45) is 0 Å². The predicted molar refractivity (Wildman–Crippen MR) is 73.2 cm³/mol. The number of rotatable bonds is 4. The molecule has 1 aromatic heterocycles. The van der Waals surface area contributed by atoms with E-state index < -0.39 is 11.7 Å². The van der Waals surface area contributed by atoms with Crippen molar-refractivity contribution in [1.29, 1.82) is 0 Å². The molecule has 20 heavy (non-hydrogen) atoms. The largest absolute Gasteiger partial charge is 0.481 e. The Morgan fingerprint density at radius 2 is 1.95 bits per heavy atom. The van der Waals surface area contributed by atoms with Gasteiger partial charge in [0, 0.05) is 13.1 Å². The Labute approximate surface area is 118 Å². The zero-order valence-electron chi connectivity index (χ0n) is 12.0. The molecule has 0 amide bonds. The van der Waals surface area contributed by atoms with E-state index in [0.29, 0.717) is 37.1 Å². The first-order valence-electron chi connectivity index (χ1n) is 6.65. The Kier molecular flexibility index (Phi) is 4.29. The molecule has 2 rings (SSSR count). The van der Waals surface area contributed by atoms with E-state index in [1.807, 2.05) is 11.8 Å². The molecular weight excluding hydrogens is 262 g/mol. The van der Waals surface area contributed by atoms with Gasteiger partial charge < -0.3 is 24.6 Å². The monoisotopic (exact) mass is 283 g/mol. The minimum atomic E-state index is -1.03. The minimum absolute atomic E-state index is 0.278. The number of hydrogen-bond acceptors (Lipinski definition) is 7. The van der Waals surface area contributed by atoms with E-state index >= 15 is 0 Å². The highest BCUT2D eigenvalue weighted by atomic mass is 16.5. The van der Waals surface area contributed by atoms with Crippen LogP contribution >= 0.6 is 0 Å². The average Bonchev–Trinajstić information content (AvgIpc) is 2.49. The Bertz CT molecular complexity index is 449. The molecule has 1 aliphatic rings. The number of methoxy groups -OCH3 is 2. The van der Waals surface area contributed by atoms with E-state index in [1.54, 1.807) is 6.07 Å². The highest BCUT2D eigenvalue weighted by Crippen LogP contribution is 2.29. The second kappa shape index (κ2) is 5.80. The summed E-state index contributed by atoms with van der Waals surface area (Å²) in [5.74, 6) is 1.23. The lowest BCUT2D eigenvalue weighted by Gasteiger charge is -2.41. The van der Waals surface area contributed by atoms with Crippen LogP contribution in [-0.4, -0.2) is 59.2 Å². The highest BCUT2D eigenvalue weighted by molar-refractivity contribution is 5.38. The molecule has 0 aromatic carbocycles. The second-order valence-corrected chi connectivity index (χ2v) is 4.92. The van der Waals surface area contributed by atoms with Gasteiger partial charge in [-0.25, -0.2) is 0 Å². The van der Waals surface area contributed by atoms with Gasteiger partial charge in [0.05, 0.1) is 25.9 Å². The molecule has 2 heterocycles. The number of aromatic nitrogens is 2. The van der Waals surface area contributed by atoms with Crippen LogP contribution in [0.5, 0.6) is 11.8 Å². The smallest absolute Gasteiger partial charge is 0.232 e. The van der Waals surface area contributed by atoms with Crippen LogP contribution in [0.1, 0.15) is 19.8 Å². The number of aliphatic hydroxyl groups is 2. The van der Waals surface area contributed by atoms with Gasteiger partial charge >= 0.3 is 0 Å². The number of nitrogens with zero attached hydrogens (tertiary/aromatic N) is 3. The maximum atomic E-state index is 10.2. The number of hydrogen-bond donors (Lipinski definition) is 2. The number of ether oxygens (including phenoxy) is 2. The predicted octanol–water partition coefficient (Wildman–Crippen LogP) is 0.206. The molecule has 2 atom stereocenters. The van der Waals surface area contributed by atoms with Crippen molar-refractivity contribution in [3.8, 4) is 11.8 Å². The summed E-state index contributed by atoms with van der Waals surface area (Å²) in [5.41, 5.74) is -1.03. The van der Waals surface area contributed by atoms with Crippen LogP contribution in [0.15, 0.2) is 6.07 Å². The van der Waals surface area contributed by atoms with E-state index in [1.165, 1.54) is 14.2 Å². The highest BCUT2D eigenvalue weighted by Gasteiger charge is 2.39. The van der Waals surface area contributed by atoms with Gasteiger partial charge in [0.25, 0.3) is 0 Å². The average molecular weight is 283 g/mol. The Morgan fingerprint density at radius 3 is 2.40 bits per heavy atom. The first-order valence-corrected chi connectivity index (χ1v) is 6.65. The lowest BCUT2D eigenvalue weighted by Crippen LogP contribution is -2.55. The van der Waals surface area contributed by atoms with E-state index in [2.05, 4.69) is 9.97 Å². The summed E-state index contributed by atoms with van der Waals surface area (Å²) in [6, 6.07) is 1.59. The Morgan fingerprint density at radius 1 is 1.35 bits per heavy atom. The molecule has 0 radical (unpaired) electrons. The van der Waals surface area contributed by atoms with Crippen molar-refractivity contribution in [2.75, 3.05) is 32.2 Å². The minimum Gasteiger partial charge on any atom is -0.481 e. The molecule has 0 unspecified atom stereocenters. The van der Waals surface area contributed by atoms with Gasteiger partial charge in [-0.1, -0.05) is 6.92 Å². The third kappa shape index (κ3) is 2.78. The number of anilines is 1. The van der Waals surface area contributed by atoms with Gasteiger partial charge in [0.2, 0.25) is 17.7 Å². The number of β-amino-alcohol motifs (C(OH)–C–C–N with tert-alkyl or cyclic N) is 1. The summed E-state index contributed by atoms with van der Waals surface area (Å²) in [4.78, 5) is 10.3. The Balaban J connectivity index is 2.21. The lowest BCUT2D eigenvalue weighted by atomic mass is 9.86. The molecule has 2 N–H and O–H groups in total. The summed E-state index contributed by atoms with van der Waals surface area (Å²) in [6.45, 7) is 2.71. The second-order valence-electron chi connectivity index (χ2n) is 4.92. The topological polar surface area (TPSA) is 87.9 Å². The third-order valence-electron chi connectivity index (χ3n) is 3.81. The number of aliphatic hydroxyl groups excluding tert-OH is 1. The van der Waals surface area contributed by atoms with Crippen LogP contribution in [0.4, 0.5) is 5.95 Å². The van der Waals surface area contributed by atoms with E-state index in [9.17, 15) is 10.2 Å². The zero-order valence-corrected chi connectivity index (χ0v) is 12.0. The summed E-state index contributed by atoms with van der Waals surface area (Å²) < 4.78 is 10.2. The fourth-order valence-corrected chi connectivity index (χ4v) is 2.30. The van der Waals surface area contributed by atoms with Crippen LogP contribution in [0, 0.1) is 0 Å². The van der Waals surface area contributed by atoms with Crippen molar-refractivity contribution in [3.05, 3.63) is 6.07 Å². The zero-order chi connectivity index (χ0) is 14.8. The molecule has 1 aromatic rings. The molecule has 0 aliphatic carbocycles. The van der Waals surface area contributed by atoms with Crippen molar-refractivity contribution in [3.63, 3.8) is 0 Å². The molecule has 0 saturated carbocycles. The standard InChI is InChI=1S/C13H21N3O4/c1-4-13(18)5-6-16(8-9(13)17)12-14-10(19-2)7-11(15-12)20-3/h7,9,17-18H,4-6,8H2,1-3H3/t9-,13-/m0/s1. The SMILES string of the molecule is CC[C@]1(O)CCN(c2nc(OC)cc(OC)n2)C[C@@H]1O. The lowest BCUT2D eigenvalue weighted by molar-refractivity contribution is -0.0881. The van der Waals surface area contributed by atoms with Crippen molar-refractivity contribution < 1.29 is 19.7 Å². The van der Waals surface area contributed by atoms with Crippen LogP contribution in [0.25, 0.3) is 0 Å². The molecule has 112 valence electrons. The van der Waals surface area contributed by atoms with Gasteiger partial charge in [-0.15, -0.1) is 0 Å². The van der Waals surface area contributed by atoms with Gasteiger partial charge in [-0.05, 0) is 12.8 Å². The maximum absolute atomic E-state index is 10.2. The summed E-state index contributed by atoms with van der Waals surface area (Å²) >= 11 is 0. The van der Waals surface area contributed by atoms with Gasteiger partial charge in [-0.2, -0.15) is 9.97 Å². The maximum Gasteiger partial charge on any atom is 0.232 e. The summed E-state index contributed by atoms with van der Waals surface area (Å²) in [5, 5.41) is 20.4. The molecule has 7 heteroatoms. The van der Waals surface area contributed by atoms with Crippen LogP contribution < -0.4 is 14.4 Å². The number of piperidine rings is 1.